The molecule has 0 aliphatic carbocycles. The number of nitrogens with zero attached hydrogens (tertiary/aromatic N) is 3. The Kier molecular flexibility index (Phi) is 6.78. The molecule has 0 aliphatic heterocycles. The van der Waals surface area contributed by atoms with Gasteiger partial charge in [-0.15, -0.1) is 12.4 Å². The summed E-state index contributed by atoms with van der Waals surface area (Å²) in [6.45, 7) is 10.7. The molecule has 0 amide bonds. The first-order valence-electron chi connectivity index (χ1n) is 7.49. The summed E-state index contributed by atoms with van der Waals surface area (Å²) in [5, 5.41) is 0. The second kappa shape index (κ2) is 8.11. The highest BCUT2D eigenvalue weighted by Gasteiger charge is 2.11. The predicted molar refractivity (Wildman–Crippen MR) is 95.6 cm³/mol. The monoisotopic (exact) mass is 320 g/mol. The molecular weight excluding hydrogens is 296 g/mol. The molecule has 0 bridgehead atoms. The molecule has 0 fully saturated rings. The van der Waals surface area contributed by atoms with E-state index in [1.54, 1.807) is 0 Å². The Hall–Kier alpha value is -1.65. The maximum absolute atomic E-state index is 5.79. The molecule has 0 saturated heterocycles. The Morgan fingerprint density at radius 1 is 1.00 bits per heavy atom. The van der Waals surface area contributed by atoms with Gasteiger partial charge in [0.15, 0.2) is 0 Å². The van der Waals surface area contributed by atoms with Gasteiger partial charge in [0.25, 0.3) is 0 Å². The number of nitrogens with two attached hydrogens (primary N) is 1. The van der Waals surface area contributed by atoms with Gasteiger partial charge in [-0.1, -0.05) is 12.1 Å². The zero-order chi connectivity index (χ0) is 15.4. The summed E-state index contributed by atoms with van der Waals surface area (Å²) < 4.78 is 0. The third kappa shape index (κ3) is 3.96. The van der Waals surface area contributed by atoms with Crippen LogP contribution in [-0.2, 0) is 6.54 Å². The van der Waals surface area contributed by atoms with Crippen molar-refractivity contribution in [3.63, 3.8) is 0 Å². The number of hydrogen-bond acceptors (Lipinski definition) is 4. The van der Waals surface area contributed by atoms with Crippen molar-refractivity contribution < 1.29 is 0 Å². The Bertz CT molecular complexity index is 624. The van der Waals surface area contributed by atoms with Gasteiger partial charge < -0.3 is 10.6 Å². The highest BCUT2D eigenvalue weighted by molar-refractivity contribution is 5.85. The van der Waals surface area contributed by atoms with E-state index in [0.717, 1.165) is 36.0 Å². The van der Waals surface area contributed by atoms with Crippen LogP contribution in [-0.4, -0.2) is 23.1 Å². The van der Waals surface area contributed by atoms with Crippen molar-refractivity contribution in [2.75, 3.05) is 18.0 Å². The average Bonchev–Trinajstić information content (AvgIpc) is 2.51. The second-order valence-electron chi connectivity index (χ2n) is 5.22. The molecule has 2 aromatic rings. The number of aromatic nitrogens is 2. The van der Waals surface area contributed by atoms with Crippen molar-refractivity contribution in [3.05, 3.63) is 41.1 Å². The summed E-state index contributed by atoms with van der Waals surface area (Å²) in [6, 6.07) is 8.39. The van der Waals surface area contributed by atoms with Gasteiger partial charge in [-0.25, -0.2) is 9.97 Å². The molecule has 120 valence electrons. The van der Waals surface area contributed by atoms with Crippen LogP contribution in [0.4, 0.5) is 5.95 Å². The predicted octanol–water partition coefficient (Wildman–Crippen LogP) is 3.49. The molecule has 2 rings (SSSR count). The number of halogens is 1. The maximum Gasteiger partial charge on any atom is 0.226 e. The van der Waals surface area contributed by atoms with Crippen molar-refractivity contribution in [1.29, 1.82) is 0 Å². The minimum atomic E-state index is 0. The van der Waals surface area contributed by atoms with Crippen molar-refractivity contribution in [2.45, 2.75) is 34.2 Å². The van der Waals surface area contributed by atoms with Gasteiger partial charge >= 0.3 is 0 Å². The van der Waals surface area contributed by atoms with Crippen molar-refractivity contribution >= 4 is 18.4 Å². The zero-order valence-corrected chi connectivity index (χ0v) is 14.6. The average molecular weight is 321 g/mol. The highest BCUT2D eigenvalue weighted by Crippen LogP contribution is 2.23. The summed E-state index contributed by atoms with van der Waals surface area (Å²) in [5.41, 5.74) is 11.3. The van der Waals surface area contributed by atoms with Crippen molar-refractivity contribution in [3.8, 4) is 11.3 Å². The van der Waals surface area contributed by atoms with Gasteiger partial charge in [0, 0.05) is 25.2 Å². The minimum Gasteiger partial charge on any atom is -0.341 e. The first kappa shape index (κ1) is 18.4. The number of anilines is 1. The van der Waals surface area contributed by atoms with E-state index in [-0.39, 0.29) is 12.4 Å². The lowest BCUT2D eigenvalue weighted by Crippen LogP contribution is -2.25. The molecule has 0 saturated carbocycles. The second-order valence-corrected chi connectivity index (χ2v) is 5.22. The molecule has 0 atom stereocenters. The molecule has 22 heavy (non-hydrogen) atoms. The number of rotatable bonds is 5. The van der Waals surface area contributed by atoms with Crippen molar-refractivity contribution in [1.82, 2.24) is 9.97 Å². The number of hydrogen-bond donors (Lipinski definition) is 1. The standard InChI is InChI=1S/C17H24N4.ClH/c1-5-21(6-2)17-19-15(11-18)10-16(20-17)14-8-7-12(3)13(4)9-14;/h7-10H,5-6,11,18H2,1-4H3;1H. The molecule has 0 radical (unpaired) electrons. The maximum atomic E-state index is 5.79. The van der Waals surface area contributed by atoms with E-state index in [1.807, 2.05) is 6.07 Å². The van der Waals surface area contributed by atoms with Gasteiger partial charge in [-0.05, 0) is 51.0 Å². The van der Waals surface area contributed by atoms with Crippen LogP contribution in [0.3, 0.4) is 0 Å². The number of benzene rings is 1. The van der Waals surface area contributed by atoms with Crippen LogP contribution in [0.2, 0.25) is 0 Å². The Morgan fingerprint density at radius 3 is 2.23 bits per heavy atom. The molecule has 1 aromatic carbocycles. The summed E-state index contributed by atoms with van der Waals surface area (Å²) in [6.07, 6.45) is 0. The topological polar surface area (TPSA) is 55.0 Å². The van der Waals surface area contributed by atoms with Crippen LogP contribution < -0.4 is 10.6 Å². The minimum absolute atomic E-state index is 0. The molecule has 4 nitrogen and oxygen atoms in total. The fourth-order valence-corrected chi connectivity index (χ4v) is 2.28. The fourth-order valence-electron chi connectivity index (χ4n) is 2.28. The highest BCUT2D eigenvalue weighted by atomic mass is 35.5. The molecule has 0 spiro atoms. The lowest BCUT2D eigenvalue weighted by atomic mass is 10.0. The quantitative estimate of drug-likeness (QED) is 0.916. The van der Waals surface area contributed by atoms with E-state index in [2.05, 4.69) is 55.8 Å². The smallest absolute Gasteiger partial charge is 0.226 e. The van der Waals surface area contributed by atoms with E-state index in [9.17, 15) is 0 Å². The van der Waals surface area contributed by atoms with Crippen LogP contribution >= 0.6 is 12.4 Å². The molecule has 5 heteroatoms. The molecule has 0 unspecified atom stereocenters. The molecule has 2 N–H and O–H groups in total. The van der Waals surface area contributed by atoms with Crippen LogP contribution in [0.25, 0.3) is 11.3 Å². The Labute approximate surface area is 139 Å². The number of aryl methyl sites for hydroxylation is 2. The summed E-state index contributed by atoms with van der Waals surface area (Å²) >= 11 is 0. The van der Waals surface area contributed by atoms with Gasteiger partial charge in [0.05, 0.1) is 11.4 Å². The largest absolute Gasteiger partial charge is 0.341 e. The molecular formula is C17H25ClN4. The summed E-state index contributed by atoms with van der Waals surface area (Å²) in [4.78, 5) is 11.4. The van der Waals surface area contributed by atoms with E-state index < -0.39 is 0 Å². The fraction of sp³-hybridized carbons (Fsp3) is 0.412. The SMILES string of the molecule is CCN(CC)c1nc(CN)cc(-c2ccc(C)c(C)c2)n1.Cl. The Balaban J connectivity index is 0.00000242. The third-order valence-electron chi connectivity index (χ3n) is 3.83. The van der Waals surface area contributed by atoms with Crippen LogP contribution in [0.15, 0.2) is 24.3 Å². The van der Waals surface area contributed by atoms with E-state index >= 15 is 0 Å². The lowest BCUT2D eigenvalue weighted by Gasteiger charge is -2.20. The normalized spacial score (nSPS) is 10.2. The van der Waals surface area contributed by atoms with Crippen molar-refractivity contribution in [2.24, 2.45) is 5.73 Å². The lowest BCUT2D eigenvalue weighted by molar-refractivity contribution is 0.809. The summed E-state index contributed by atoms with van der Waals surface area (Å²) in [7, 11) is 0. The van der Waals surface area contributed by atoms with E-state index in [4.69, 9.17) is 10.7 Å². The van der Waals surface area contributed by atoms with Crippen LogP contribution in [0, 0.1) is 13.8 Å². The third-order valence-corrected chi connectivity index (χ3v) is 3.83. The molecule has 1 heterocycles. The van der Waals surface area contributed by atoms with Gasteiger partial charge in [0.1, 0.15) is 0 Å². The van der Waals surface area contributed by atoms with Gasteiger partial charge in [0.2, 0.25) is 5.95 Å². The van der Waals surface area contributed by atoms with Gasteiger partial charge in [-0.2, -0.15) is 0 Å². The van der Waals surface area contributed by atoms with Crippen LogP contribution in [0.5, 0.6) is 0 Å². The zero-order valence-electron chi connectivity index (χ0n) is 13.8. The van der Waals surface area contributed by atoms with Crippen LogP contribution in [0.1, 0.15) is 30.7 Å². The van der Waals surface area contributed by atoms with Gasteiger partial charge in [-0.3, -0.25) is 0 Å². The van der Waals surface area contributed by atoms with E-state index in [1.165, 1.54) is 11.1 Å². The molecule has 0 aliphatic rings. The first-order valence-corrected chi connectivity index (χ1v) is 7.49. The first-order chi connectivity index (χ1) is 10.1. The van der Waals surface area contributed by atoms with E-state index in [0.29, 0.717) is 6.54 Å². The molecule has 1 aromatic heterocycles. The summed E-state index contributed by atoms with van der Waals surface area (Å²) in [5.74, 6) is 0.760. The Morgan fingerprint density at radius 2 is 1.68 bits per heavy atom.